The van der Waals surface area contributed by atoms with Gasteiger partial charge in [0.2, 0.25) is 5.91 Å². The van der Waals surface area contributed by atoms with Gasteiger partial charge in [-0.05, 0) is 38.3 Å². The highest BCUT2D eigenvalue weighted by atomic mass is 16.2. The summed E-state index contributed by atoms with van der Waals surface area (Å²) in [4.78, 5) is 24.8. The summed E-state index contributed by atoms with van der Waals surface area (Å²) in [6.07, 6.45) is 8.37. The van der Waals surface area contributed by atoms with Crippen molar-refractivity contribution in [1.82, 2.24) is 9.88 Å². The number of nitrogens with zero attached hydrogens (tertiary/aromatic N) is 1. The second kappa shape index (κ2) is 9.03. The molecule has 0 saturated heterocycles. The number of Topliss-reactive ketones (excluding diaryl/α,β-unsaturated/α-hetero) is 1. The summed E-state index contributed by atoms with van der Waals surface area (Å²) in [5.74, 6) is 0.0652. The highest BCUT2D eigenvalue weighted by Gasteiger charge is 2.20. The molecule has 1 aromatic heterocycles. The molecule has 2 aromatic rings. The van der Waals surface area contributed by atoms with Gasteiger partial charge in [-0.3, -0.25) is 9.59 Å². The summed E-state index contributed by atoms with van der Waals surface area (Å²) >= 11 is 0. The van der Waals surface area contributed by atoms with Gasteiger partial charge in [0.05, 0.1) is 0 Å². The monoisotopic (exact) mass is 366 g/mol. The standard InChI is InChI=1S/C23H30N2O2/c1-17-21(18(2)26)15-22(19-11-7-6-8-12-19)25(17)16-23(27)24-20-13-9-4-3-5-10-14-20/h6-8,11-12,15,20H,3-5,9-10,13-14,16H2,1-2H3,(H,24,27). The van der Waals surface area contributed by atoms with Crippen molar-refractivity contribution in [3.05, 3.63) is 47.7 Å². The van der Waals surface area contributed by atoms with Gasteiger partial charge in [0.1, 0.15) is 6.54 Å². The Morgan fingerprint density at radius 2 is 1.67 bits per heavy atom. The van der Waals surface area contributed by atoms with Crippen molar-refractivity contribution >= 4 is 11.7 Å². The zero-order chi connectivity index (χ0) is 19.2. The van der Waals surface area contributed by atoms with E-state index in [1.165, 1.54) is 32.1 Å². The molecule has 1 fully saturated rings. The lowest BCUT2D eigenvalue weighted by Crippen LogP contribution is -2.37. The first-order valence-corrected chi connectivity index (χ1v) is 10.1. The lowest BCUT2D eigenvalue weighted by atomic mass is 9.97. The van der Waals surface area contributed by atoms with Gasteiger partial charge in [-0.25, -0.2) is 0 Å². The average molecular weight is 367 g/mol. The first-order valence-electron chi connectivity index (χ1n) is 10.1. The molecule has 1 saturated carbocycles. The molecular weight excluding hydrogens is 336 g/mol. The minimum atomic E-state index is 0.0313. The van der Waals surface area contributed by atoms with Crippen LogP contribution in [0.25, 0.3) is 11.3 Å². The van der Waals surface area contributed by atoms with Crippen molar-refractivity contribution in [2.75, 3.05) is 0 Å². The molecular formula is C23H30N2O2. The van der Waals surface area contributed by atoms with Crippen molar-refractivity contribution in [1.29, 1.82) is 0 Å². The van der Waals surface area contributed by atoms with Gasteiger partial charge in [-0.2, -0.15) is 0 Å². The number of hydrogen-bond acceptors (Lipinski definition) is 2. The SMILES string of the molecule is CC(=O)c1cc(-c2ccccc2)n(CC(=O)NC2CCCCCCC2)c1C. The van der Waals surface area contributed by atoms with Gasteiger partial charge in [0.15, 0.2) is 5.78 Å². The third-order valence-electron chi connectivity index (χ3n) is 5.59. The van der Waals surface area contributed by atoms with Gasteiger partial charge in [0, 0.05) is 23.0 Å². The molecule has 1 aromatic carbocycles. The number of amides is 1. The lowest BCUT2D eigenvalue weighted by molar-refractivity contribution is -0.122. The van der Waals surface area contributed by atoms with Crippen LogP contribution in [0.5, 0.6) is 0 Å². The van der Waals surface area contributed by atoms with Crippen LogP contribution in [-0.2, 0) is 11.3 Å². The summed E-state index contributed by atoms with van der Waals surface area (Å²) in [7, 11) is 0. The lowest BCUT2D eigenvalue weighted by Gasteiger charge is -2.22. The largest absolute Gasteiger partial charge is 0.352 e. The summed E-state index contributed by atoms with van der Waals surface area (Å²) in [5, 5.41) is 3.23. The molecule has 0 bridgehead atoms. The van der Waals surface area contributed by atoms with Crippen molar-refractivity contribution in [3.63, 3.8) is 0 Å². The van der Waals surface area contributed by atoms with E-state index in [-0.39, 0.29) is 24.3 Å². The molecule has 1 heterocycles. The molecule has 144 valence electrons. The molecule has 4 nitrogen and oxygen atoms in total. The fraction of sp³-hybridized carbons (Fsp3) is 0.478. The molecule has 1 amide bonds. The number of hydrogen-bond donors (Lipinski definition) is 1. The Balaban J connectivity index is 1.80. The number of ketones is 1. The summed E-state index contributed by atoms with van der Waals surface area (Å²) in [6.45, 7) is 3.75. The Bertz CT molecular complexity index is 784. The summed E-state index contributed by atoms with van der Waals surface area (Å²) in [6, 6.07) is 12.1. The van der Waals surface area contributed by atoms with E-state index in [0.717, 1.165) is 29.8 Å². The van der Waals surface area contributed by atoms with Gasteiger partial charge >= 0.3 is 0 Å². The third kappa shape index (κ3) is 4.88. The molecule has 1 aliphatic carbocycles. The van der Waals surface area contributed by atoms with Crippen LogP contribution < -0.4 is 5.32 Å². The van der Waals surface area contributed by atoms with E-state index in [1.807, 2.05) is 47.9 Å². The van der Waals surface area contributed by atoms with Crippen LogP contribution in [-0.4, -0.2) is 22.3 Å². The number of carbonyl (C=O) groups is 2. The summed E-state index contributed by atoms with van der Waals surface area (Å²) < 4.78 is 1.98. The van der Waals surface area contributed by atoms with Crippen LogP contribution in [0.4, 0.5) is 0 Å². The zero-order valence-electron chi connectivity index (χ0n) is 16.5. The van der Waals surface area contributed by atoms with Crippen molar-refractivity contribution in [2.45, 2.75) is 71.4 Å². The maximum Gasteiger partial charge on any atom is 0.240 e. The van der Waals surface area contributed by atoms with Crippen molar-refractivity contribution in [3.8, 4) is 11.3 Å². The second-order valence-corrected chi connectivity index (χ2v) is 7.65. The quantitative estimate of drug-likeness (QED) is 0.766. The molecule has 1 aliphatic rings. The van der Waals surface area contributed by atoms with Gasteiger partial charge in [0.25, 0.3) is 0 Å². The molecule has 0 aliphatic heterocycles. The van der Waals surface area contributed by atoms with Gasteiger partial charge in [-0.1, -0.05) is 62.4 Å². The van der Waals surface area contributed by atoms with Crippen LogP contribution in [0.2, 0.25) is 0 Å². The molecule has 1 N–H and O–H groups in total. The smallest absolute Gasteiger partial charge is 0.240 e. The average Bonchev–Trinajstić information content (AvgIpc) is 2.95. The highest BCUT2D eigenvalue weighted by molar-refractivity contribution is 5.97. The Morgan fingerprint density at radius 3 is 2.30 bits per heavy atom. The molecule has 0 unspecified atom stereocenters. The Labute approximate surface area is 162 Å². The maximum absolute atomic E-state index is 12.8. The van der Waals surface area contributed by atoms with E-state index in [1.54, 1.807) is 6.92 Å². The maximum atomic E-state index is 12.8. The minimum absolute atomic E-state index is 0.0313. The topological polar surface area (TPSA) is 51.1 Å². The fourth-order valence-corrected chi connectivity index (χ4v) is 4.07. The van der Waals surface area contributed by atoms with Crippen LogP contribution in [0.3, 0.4) is 0 Å². The Morgan fingerprint density at radius 1 is 1.04 bits per heavy atom. The number of aromatic nitrogens is 1. The molecule has 27 heavy (non-hydrogen) atoms. The number of nitrogens with one attached hydrogen (secondary N) is 1. The Kier molecular flexibility index (Phi) is 6.49. The zero-order valence-corrected chi connectivity index (χ0v) is 16.5. The normalized spacial score (nSPS) is 15.8. The van der Waals surface area contributed by atoms with E-state index < -0.39 is 0 Å². The van der Waals surface area contributed by atoms with Crippen molar-refractivity contribution < 1.29 is 9.59 Å². The Hall–Kier alpha value is -2.36. The van der Waals surface area contributed by atoms with Gasteiger partial charge in [-0.15, -0.1) is 0 Å². The summed E-state index contributed by atoms with van der Waals surface area (Å²) in [5.41, 5.74) is 3.49. The predicted molar refractivity (Wildman–Crippen MR) is 109 cm³/mol. The molecule has 4 heteroatoms. The van der Waals surface area contributed by atoms with E-state index in [4.69, 9.17) is 0 Å². The molecule has 0 radical (unpaired) electrons. The first kappa shape index (κ1) is 19.4. The van der Waals surface area contributed by atoms with E-state index in [0.29, 0.717) is 5.56 Å². The number of carbonyl (C=O) groups excluding carboxylic acids is 2. The highest BCUT2D eigenvalue weighted by Crippen LogP contribution is 2.26. The van der Waals surface area contributed by atoms with Crippen LogP contribution in [0, 0.1) is 6.92 Å². The van der Waals surface area contributed by atoms with Crippen molar-refractivity contribution in [2.24, 2.45) is 0 Å². The minimum Gasteiger partial charge on any atom is -0.352 e. The van der Waals surface area contributed by atoms with Crippen LogP contribution in [0.1, 0.15) is 67.9 Å². The van der Waals surface area contributed by atoms with Gasteiger partial charge < -0.3 is 9.88 Å². The molecule has 0 atom stereocenters. The van der Waals surface area contributed by atoms with E-state index in [9.17, 15) is 9.59 Å². The van der Waals surface area contributed by atoms with Crippen LogP contribution in [0.15, 0.2) is 36.4 Å². The number of benzene rings is 1. The molecule has 3 rings (SSSR count). The van der Waals surface area contributed by atoms with E-state index >= 15 is 0 Å². The van der Waals surface area contributed by atoms with E-state index in [2.05, 4.69) is 5.32 Å². The second-order valence-electron chi connectivity index (χ2n) is 7.65. The predicted octanol–water partition coefficient (Wildman–Crippen LogP) is 4.90. The first-order chi connectivity index (χ1) is 13.1. The third-order valence-corrected chi connectivity index (χ3v) is 5.59. The number of rotatable bonds is 5. The fourth-order valence-electron chi connectivity index (χ4n) is 4.07. The molecule has 0 spiro atoms. The van der Waals surface area contributed by atoms with Crippen LogP contribution >= 0.6 is 0 Å².